The van der Waals surface area contributed by atoms with E-state index in [1.165, 1.54) is 24.5 Å². The third-order valence-electron chi connectivity index (χ3n) is 3.02. The van der Waals surface area contributed by atoms with Gasteiger partial charge in [-0.1, -0.05) is 17.7 Å². The number of nitrogens with zero attached hydrogens (tertiary/aromatic N) is 1. The number of ether oxygens (including phenoxy) is 1. The predicted molar refractivity (Wildman–Crippen MR) is 76.6 cm³/mol. The first-order valence-corrected chi connectivity index (χ1v) is 6.55. The van der Waals surface area contributed by atoms with Crippen LogP contribution < -0.4 is 0 Å². The summed E-state index contributed by atoms with van der Waals surface area (Å²) in [6.07, 6.45) is 3.04. The molecule has 1 N–H and O–H groups in total. The van der Waals surface area contributed by atoms with E-state index in [1.807, 2.05) is 0 Å². The lowest BCUT2D eigenvalue weighted by Crippen LogP contribution is -2.04. The molecule has 6 heteroatoms. The number of rotatable bonds is 3. The second-order valence-corrected chi connectivity index (χ2v) is 4.84. The molecule has 0 amide bonds. The lowest BCUT2D eigenvalue weighted by atomic mass is 10.2. The molecule has 0 aliphatic heterocycles. The number of H-pyrrole nitrogens is 1. The van der Waals surface area contributed by atoms with Gasteiger partial charge in [-0.05, 0) is 24.3 Å². The van der Waals surface area contributed by atoms with E-state index in [2.05, 4.69) is 9.97 Å². The minimum absolute atomic E-state index is 0.0744. The summed E-state index contributed by atoms with van der Waals surface area (Å²) in [6.45, 7) is 0.0744. The fourth-order valence-electron chi connectivity index (χ4n) is 1.98. The standard InChI is InChI=1S/C15H10ClFN2O2/c16-14-4-1-9(6-19-14)8-21-15(20)12-7-18-13-3-2-10(17)5-11(12)13/h1-7,18H,8H2. The number of carbonyl (C=O) groups is 1. The topological polar surface area (TPSA) is 55.0 Å². The summed E-state index contributed by atoms with van der Waals surface area (Å²) in [5, 5.41) is 0.867. The van der Waals surface area contributed by atoms with E-state index in [9.17, 15) is 9.18 Å². The zero-order valence-corrected chi connectivity index (χ0v) is 11.5. The molecular weight excluding hydrogens is 295 g/mol. The van der Waals surface area contributed by atoms with Crippen LogP contribution in [0.2, 0.25) is 5.15 Å². The molecule has 2 aromatic heterocycles. The number of esters is 1. The van der Waals surface area contributed by atoms with E-state index < -0.39 is 11.8 Å². The maximum atomic E-state index is 13.3. The maximum absolute atomic E-state index is 13.3. The Balaban J connectivity index is 1.78. The molecule has 0 bridgehead atoms. The average Bonchev–Trinajstić information content (AvgIpc) is 2.89. The largest absolute Gasteiger partial charge is 0.457 e. The number of nitrogens with one attached hydrogen (secondary N) is 1. The average molecular weight is 305 g/mol. The Kier molecular flexibility index (Phi) is 3.58. The first kappa shape index (κ1) is 13.6. The molecule has 0 radical (unpaired) electrons. The fourth-order valence-corrected chi connectivity index (χ4v) is 2.09. The minimum Gasteiger partial charge on any atom is -0.457 e. The van der Waals surface area contributed by atoms with Gasteiger partial charge in [0, 0.05) is 28.9 Å². The SMILES string of the molecule is O=C(OCc1ccc(Cl)nc1)c1c[nH]c2ccc(F)cc12. The Labute approximate surface area is 124 Å². The lowest BCUT2D eigenvalue weighted by molar-refractivity contribution is 0.0475. The van der Waals surface area contributed by atoms with Crippen LogP contribution in [0.25, 0.3) is 10.9 Å². The van der Waals surface area contributed by atoms with Crippen molar-refractivity contribution in [2.24, 2.45) is 0 Å². The van der Waals surface area contributed by atoms with Crippen LogP contribution in [0, 0.1) is 5.82 Å². The van der Waals surface area contributed by atoms with E-state index in [1.54, 1.807) is 18.2 Å². The van der Waals surface area contributed by atoms with Gasteiger partial charge in [-0.3, -0.25) is 0 Å². The first-order valence-electron chi connectivity index (χ1n) is 6.17. The molecule has 0 aliphatic rings. The van der Waals surface area contributed by atoms with Crippen molar-refractivity contribution in [2.45, 2.75) is 6.61 Å². The molecule has 3 aromatic rings. The van der Waals surface area contributed by atoms with Crippen LogP contribution in [0.5, 0.6) is 0 Å². The Hall–Kier alpha value is -2.40. The summed E-state index contributed by atoms with van der Waals surface area (Å²) in [5.74, 6) is -0.931. The summed E-state index contributed by atoms with van der Waals surface area (Å²) in [4.78, 5) is 18.9. The summed E-state index contributed by atoms with van der Waals surface area (Å²) in [6, 6.07) is 7.54. The Bertz CT molecular complexity index is 799. The van der Waals surface area contributed by atoms with Gasteiger partial charge in [0.15, 0.2) is 0 Å². The molecular formula is C15H10ClFN2O2. The van der Waals surface area contributed by atoms with Crippen molar-refractivity contribution in [3.63, 3.8) is 0 Å². The molecule has 0 atom stereocenters. The van der Waals surface area contributed by atoms with Gasteiger partial charge >= 0.3 is 5.97 Å². The van der Waals surface area contributed by atoms with Crippen molar-refractivity contribution < 1.29 is 13.9 Å². The van der Waals surface area contributed by atoms with Crippen LogP contribution in [0.1, 0.15) is 15.9 Å². The van der Waals surface area contributed by atoms with Gasteiger partial charge in [-0.2, -0.15) is 0 Å². The minimum atomic E-state index is -0.526. The predicted octanol–water partition coefficient (Wildman–Crippen LogP) is 3.71. The smallest absolute Gasteiger partial charge is 0.340 e. The van der Waals surface area contributed by atoms with Crippen LogP contribution in [0.15, 0.2) is 42.7 Å². The molecule has 2 heterocycles. The summed E-state index contributed by atoms with van der Waals surface area (Å²) < 4.78 is 18.5. The van der Waals surface area contributed by atoms with Crippen LogP contribution in [0.4, 0.5) is 4.39 Å². The molecule has 106 valence electrons. The highest BCUT2D eigenvalue weighted by Crippen LogP contribution is 2.20. The maximum Gasteiger partial charge on any atom is 0.340 e. The van der Waals surface area contributed by atoms with Gasteiger partial charge in [0.05, 0.1) is 5.56 Å². The van der Waals surface area contributed by atoms with Crippen LogP contribution in [-0.2, 0) is 11.3 Å². The van der Waals surface area contributed by atoms with E-state index in [0.717, 1.165) is 5.56 Å². The molecule has 3 rings (SSSR count). The molecule has 0 fully saturated rings. The van der Waals surface area contributed by atoms with Crippen molar-refractivity contribution in [1.82, 2.24) is 9.97 Å². The zero-order chi connectivity index (χ0) is 14.8. The number of hydrogen-bond acceptors (Lipinski definition) is 3. The summed E-state index contributed by atoms with van der Waals surface area (Å²) in [5.41, 5.74) is 1.70. The van der Waals surface area contributed by atoms with Crippen LogP contribution in [0.3, 0.4) is 0 Å². The van der Waals surface area contributed by atoms with Gasteiger partial charge in [0.1, 0.15) is 17.6 Å². The third-order valence-corrected chi connectivity index (χ3v) is 3.25. The van der Waals surface area contributed by atoms with Crippen molar-refractivity contribution in [2.75, 3.05) is 0 Å². The number of aromatic amines is 1. The van der Waals surface area contributed by atoms with Crippen molar-refractivity contribution >= 4 is 28.5 Å². The molecule has 0 spiro atoms. The lowest BCUT2D eigenvalue weighted by Gasteiger charge is -2.04. The molecule has 0 saturated heterocycles. The molecule has 0 unspecified atom stereocenters. The van der Waals surface area contributed by atoms with Gasteiger partial charge in [-0.25, -0.2) is 14.2 Å². The summed E-state index contributed by atoms with van der Waals surface area (Å²) in [7, 11) is 0. The normalized spacial score (nSPS) is 10.8. The van der Waals surface area contributed by atoms with Crippen molar-refractivity contribution in [3.8, 4) is 0 Å². The van der Waals surface area contributed by atoms with Crippen LogP contribution >= 0.6 is 11.6 Å². The molecule has 4 nitrogen and oxygen atoms in total. The number of aromatic nitrogens is 2. The van der Waals surface area contributed by atoms with Gasteiger partial charge in [0.25, 0.3) is 0 Å². The van der Waals surface area contributed by atoms with Crippen LogP contribution in [-0.4, -0.2) is 15.9 Å². The van der Waals surface area contributed by atoms with E-state index in [4.69, 9.17) is 16.3 Å². The summed E-state index contributed by atoms with van der Waals surface area (Å²) >= 11 is 5.68. The quantitative estimate of drug-likeness (QED) is 0.593. The van der Waals surface area contributed by atoms with E-state index >= 15 is 0 Å². The van der Waals surface area contributed by atoms with Crippen molar-refractivity contribution in [3.05, 3.63) is 64.8 Å². The molecule has 21 heavy (non-hydrogen) atoms. The highest BCUT2D eigenvalue weighted by molar-refractivity contribution is 6.29. The molecule has 0 saturated carbocycles. The van der Waals surface area contributed by atoms with Gasteiger partial charge in [-0.15, -0.1) is 0 Å². The number of fused-ring (bicyclic) bond motifs is 1. The fraction of sp³-hybridized carbons (Fsp3) is 0.0667. The third kappa shape index (κ3) is 2.87. The zero-order valence-electron chi connectivity index (χ0n) is 10.8. The monoisotopic (exact) mass is 304 g/mol. The molecule has 0 aliphatic carbocycles. The van der Waals surface area contributed by atoms with Crippen molar-refractivity contribution in [1.29, 1.82) is 0 Å². The number of pyridine rings is 1. The van der Waals surface area contributed by atoms with E-state index in [0.29, 0.717) is 21.6 Å². The number of benzene rings is 1. The highest BCUT2D eigenvalue weighted by atomic mass is 35.5. The first-order chi connectivity index (χ1) is 10.1. The number of carbonyl (C=O) groups excluding carboxylic acids is 1. The van der Waals surface area contributed by atoms with E-state index in [-0.39, 0.29) is 6.61 Å². The Morgan fingerprint density at radius 2 is 2.19 bits per heavy atom. The highest BCUT2D eigenvalue weighted by Gasteiger charge is 2.14. The molecule has 1 aromatic carbocycles. The second kappa shape index (κ2) is 5.54. The number of halogens is 2. The Morgan fingerprint density at radius 1 is 1.33 bits per heavy atom. The van der Waals surface area contributed by atoms with Gasteiger partial charge in [0.2, 0.25) is 0 Å². The Morgan fingerprint density at radius 3 is 2.95 bits per heavy atom. The second-order valence-electron chi connectivity index (χ2n) is 4.46. The van der Waals surface area contributed by atoms with Gasteiger partial charge < -0.3 is 9.72 Å². The number of hydrogen-bond donors (Lipinski definition) is 1.